The minimum Gasteiger partial charge on any atom is -0.354 e. The lowest BCUT2D eigenvalue weighted by Gasteiger charge is -2.39. The predicted molar refractivity (Wildman–Crippen MR) is 130 cm³/mol. The maximum atomic E-state index is 12.5. The first kappa shape index (κ1) is 24.4. The molecule has 32 heavy (non-hydrogen) atoms. The Kier molecular flexibility index (Phi) is 8.10. The van der Waals surface area contributed by atoms with E-state index in [0.717, 1.165) is 45.3 Å². The highest BCUT2D eigenvalue weighted by Gasteiger charge is 2.46. The molecule has 178 valence electrons. The van der Waals surface area contributed by atoms with Gasteiger partial charge in [-0.1, -0.05) is 44.1 Å². The lowest BCUT2D eigenvalue weighted by atomic mass is 9.74. The SMILES string of the molecule is CCNc1nc(NCC)nc(NCC2CCC(CC3(S(N)(=O)=O)C=CC=CC3C)CC2)n1. The number of rotatable bonds is 10. The number of anilines is 3. The molecule has 0 saturated heterocycles. The Morgan fingerprint density at radius 2 is 1.47 bits per heavy atom. The number of sulfonamides is 1. The van der Waals surface area contributed by atoms with E-state index in [2.05, 4.69) is 30.9 Å². The molecule has 0 radical (unpaired) electrons. The fourth-order valence-electron chi connectivity index (χ4n) is 4.74. The van der Waals surface area contributed by atoms with Gasteiger partial charge in [-0.3, -0.25) is 0 Å². The van der Waals surface area contributed by atoms with Crippen molar-refractivity contribution in [3.05, 3.63) is 24.3 Å². The van der Waals surface area contributed by atoms with Crippen molar-refractivity contribution >= 4 is 27.9 Å². The highest BCUT2D eigenvalue weighted by Crippen LogP contribution is 2.41. The number of nitrogens with one attached hydrogen (secondary N) is 3. The summed E-state index contributed by atoms with van der Waals surface area (Å²) in [5.74, 6) is 2.40. The number of hydrogen-bond donors (Lipinski definition) is 4. The summed E-state index contributed by atoms with van der Waals surface area (Å²) in [5, 5.41) is 15.3. The van der Waals surface area contributed by atoms with E-state index in [1.807, 2.05) is 39.0 Å². The van der Waals surface area contributed by atoms with Crippen LogP contribution in [0, 0.1) is 17.8 Å². The molecule has 9 nitrogen and oxygen atoms in total. The number of primary sulfonamides is 1. The summed E-state index contributed by atoms with van der Waals surface area (Å²) in [6, 6.07) is 0. The zero-order chi connectivity index (χ0) is 23.2. The van der Waals surface area contributed by atoms with Gasteiger partial charge in [-0.25, -0.2) is 13.6 Å². The zero-order valence-corrected chi connectivity index (χ0v) is 20.2. The Hall–Kier alpha value is -2.20. The molecular formula is C22H37N7O2S. The maximum absolute atomic E-state index is 12.5. The van der Waals surface area contributed by atoms with Crippen LogP contribution in [0.5, 0.6) is 0 Å². The van der Waals surface area contributed by atoms with Crippen molar-refractivity contribution in [3.8, 4) is 0 Å². The summed E-state index contributed by atoms with van der Waals surface area (Å²) < 4.78 is 24.0. The van der Waals surface area contributed by atoms with Crippen LogP contribution >= 0.6 is 0 Å². The molecule has 10 heteroatoms. The van der Waals surface area contributed by atoms with E-state index in [-0.39, 0.29) is 5.92 Å². The van der Waals surface area contributed by atoms with Crippen LogP contribution in [0.25, 0.3) is 0 Å². The molecule has 1 heterocycles. The predicted octanol–water partition coefficient (Wildman–Crippen LogP) is 3.13. The highest BCUT2D eigenvalue weighted by molar-refractivity contribution is 7.90. The third kappa shape index (κ3) is 5.78. The third-order valence-electron chi connectivity index (χ3n) is 6.62. The number of nitrogens with zero attached hydrogens (tertiary/aromatic N) is 3. The van der Waals surface area contributed by atoms with Crippen molar-refractivity contribution in [1.82, 2.24) is 15.0 Å². The molecule has 1 aromatic heterocycles. The van der Waals surface area contributed by atoms with Crippen LogP contribution in [0.15, 0.2) is 24.3 Å². The van der Waals surface area contributed by atoms with Crippen LogP contribution in [0.4, 0.5) is 17.8 Å². The monoisotopic (exact) mass is 463 g/mol. The van der Waals surface area contributed by atoms with E-state index in [1.54, 1.807) is 6.08 Å². The molecular weight excluding hydrogens is 426 g/mol. The smallest absolute Gasteiger partial charge is 0.229 e. The van der Waals surface area contributed by atoms with Gasteiger partial charge in [0.15, 0.2) is 0 Å². The molecule has 5 N–H and O–H groups in total. The van der Waals surface area contributed by atoms with Gasteiger partial charge in [0.25, 0.3) is 0 Å². The Balaban J connectivity index is 1.56. The lowest BCUT2D eigenvalue weighted by Crippen LogP contribution is -2.48. The Labute approximate surface area is 191 Å². The summed E-state index contributed by atoms with van der Waals surface area (Å²) in [6.07, 6.45) is 12.1. The van der Waals surface area contributed by atoms with Gasteiger partial charge in [-0.05, 0) is 50.9 Å². The lowest BCUT2D eigenvalue weighted by molar-refractivity contribution is 0.248. The van der Waals surface area contributed by atoms with Gasteiger partial charge in [-0.15, -0.1) is 0 Å². The fraction of sp³-hybridized carbons (Fsp3) is 0.682. The Bertz CT molecular complexity index is 902. The van der Waals surface area contributed by atoms with Crippen LogP contribution in [0.1, 0.15) is 52.9 Å². The molecule has 1 aromatic rings. The van der Waals surface area contributed by atoms with Crippen molar-refractivity contribution in [1.29, 1.82) is 0 Å². The van der Waals surface area contributed by atoms with E-state index in [4.69, 9.17) is 5.14 Å². The van der Waals surface area contributed by atoms with E-state index in [0.29, 0.717) is 36.1 Å². The summed E-state index contributed by atoms with van der Waals surface area (Å²) in [4.78, 5) is 13.2. The molecule has 2 aliphatic rings. The first-order valence-electron chi connectivity index (χ1n) is 11.6. The van der Waals surface area contributed by atoms with Crippen molar-refractivity contribution in [2.75, 3.05) is 35.6 Å². The van der Waals surface area contributed by atoms with Crippen LogP contribution in [0.2, 0.25) is 0 Å². The van der Waals surface area contributed by atoms with Gasteiger partial charge in [0.05, 0.1) is 0 Å². The van der Waals surface area contributed by atoms with E-state index >= 15 is 0 Å². The summed E-state index contributed by atoms with van der Waals surface area (Å²) in [5.41, 5.74) is 0. The number of nitrogens with two attached hydrogens (primary N) is 1. The largest absolute Gasteiger partial charge is 0.354 e. The second-order valence-electron chi connectivity index (χ2n) is 8.87. The van der Waals surface area contributed by atoms with E-state index < -0.39 is 14.8 Å². The summed E-state index contributed by atoms with van der Waals surface area (Å²) >= 11 is 0. The summed E-state index contributed by atoms with van der Waals surface area (Å²) in [6.45, 7) is 8.21. The molecule has 2 aliphatic carbocycles. The Morgan fingerprint density at radius 1 is 0.938 bits per heavy atom. The van der Waals surface area contributed by atoms with Gasteiger partial charge >= 0.3 is 0 Å². The standard InChI is InChI=1S/C22H37N7O2S/c1-4-24-19-27-20(25-5-2)29-21(28-19)26-15-18-11-9-17(10-12-18)14-22(32(23,30)31)13-7-6-8-16(22)3/h6-8,13,16-18H,4-5,9-12,14-15H2,1-3H3,(H2,23,30,31)(H3,24,25,26,27,28,29). The Morgan fingerprint density at radius 3 is 1.97 bits per heavy atom. The maximum Gasteiger partial charge on any atom is 0.229 e. The molecule has 1 saturated carbocycles. The van der Waals surface area contributed by atoms with Gasteiger partial charge in [0, 0.05) is 19.6 Å². The third-order valence-corrected chi connectivity index (χ3v) is 8.35. The molecule has 3 rings (SSSR count). The number of hydrogen-bond acceptors (Lipinski definition) is 8. The first-order valence-corrected chi connectivity index (χ1v) is 13.2. The van der Waals surface area contributed by atoms with Gasteiger partial charge in [0.2, 0.25) is 27.9 Å². The minimum atomic E-state index is -3.70. The van der Waals surface area contributed by atoms with Crippen LogP contribution in [-0.4, -0.2) is 47.8 Å². The number of allylic oxidation sites excluding steroid dienone is 3. The van der Waals surface area contributed by atoms with Gasteiger partial charge in [0.1, 0.15) is 4.75 Å². The summed E-state index contributed by atoms with van der Waals surface area (Å²) in [7, 11) is -3.70. The molecule has 0 aromatic carbocycles. The average molecular weight is 464 g/mol. The van der Waals surface area contributed by atoms with Crippen LogP contribution < -0.4 is 21.1 Å². The second kappa shape index (κ2) is 10.6. The molecule has 0 amide bonds. The van der Waals surface area contributed by atoms with E-state index in [9.17, 15) is 8.42 Å². The molecule has 1 fully saturated rings. The van der Waals surface area contributed by atoms with Crippen LogP contribution in [-0.2, 0) is 10.0 Å². The highest BCUT2D eigenvalue weighted by atomic mass is 32.2. The minimum absolute atomic E-state index is 0.123. The molecule has 2 atom stereocenters. The first-order chi connectivity index (χ1) is 15.3. The van der Waals surface area contributed by atoms with Gasteiger partial charge < -0.3 is 16.0 Å². The van der Waals surface area contributed by atoms with E-state index in [1.165, 1.54) is 0 Å². The quantitative estimate of drug-likeness (QED) is 0.416. The zero-order valence-electron chi connectivity index (χ0n) is 19.3. The molecule has 0 spiro atoms. The average Bonchev–Trinajstić information content (AvgIpc) is 2.74. The number of aromatic nitrogens is 3. The van der Waals surface area contributed by atoms with Crippen molar-refractivity contribution in [2.45, 2.75) is 57.6 Å². The second-order valence-corrected chi connectivity index (χ2v) is 10.7. The van der Waals surface area contributed by atoms with Crippen molar-refractivity contribution in [2.24, 2.45) is 22.9 Å². The van der Waals surface area contributed by atoms with Crippen molar-refractivity contribution < 1.29 is 8.42 Å². The normalized spacial score (nSPS) is 27.8. The topological polar surface area (TPSA) is 135 Å². The van der Waals surface area contributed by atoms with Gasteiger partial charge in [-0.2, -0.15) is 15.0 Å². The van der Waals surface area contributed by atoms with Crippen LogP contribution in [0.3, 0.4) is 0 Å². The molecule has 2 unspecified atom stereocenters. The van der Waals surface area contributed by atoms with Crippen molar-refractivity contribution in [3.63, 3.8) is 0 Å². The molecule has 0 bridgehead atoms. The molecule has 0 aliphatic heterocycles. The fourth-order valence-corrected chi connectivity index (χ4v) is 6.08.